The zero-order valence-corrected chi connectivity index (χ0v) is 13.2. The van der Waals surface area contributed by atoms with Crippen molar-refractivity contribution >= 4 is 0 Å². The summed E-state index contributed by atoms with van der Waals surface area (Å²) < 4.78 is 0. The first kappa shape index (κ1) is 16.5. The minimum Gasteiger partial charge on any atom is -0.384 e. The molecule has 0 aliphatic carbocycles. The van der Waals surface area contributed by atoms with Crippen molar-refractivity contribution in [2.45, 2.75) is 40.7 Å². The molecule has 1 rings (SSSR count). The Balaban J connectivity index is 2.77. The summed E-state index contributed by atoms with van der Waals surface area (Å²) in [6.07, 6.45) is 9.54. The minimum atomic E-state index is -0.549. The number of hydrogen-bond donors (Lipinski definition) is 1. The van der Waals surface area contributed by atoms with Crippen molar-refractivity contribution in [3.63, 3.8) is 0 Å². The molecule has 0 saturated carbocycles. The highest BCUT2D eigenvalue weighted by molar-refractivity contribution is 5.37. The minimum absolute atomic E-state index is 0.549. The third-order valence-electron chi connectivity index (χ3n) is 3.36. The van der Waals surface area contributed by atoms with Crippen LogP contribution in [0.15, 0.2) is 54.2 Å². The molecule has 1 atom stereocenters. The van der Waals surface area contributed by atoms with E-state index in [0.29, 0.717) is 5.92 Å². The maximum absolute atomic E-state index is 10.3. The molecule has 0 aliphatic rings. The van der Waals surface area contributed by atoms with Gasteiger partial charge in [-0.15, -0.1) is 0 Å². The van der Waals surface area contributed by atoms with E-state index in [2.05, 4.69) is 52.0 Å². The van der Waals surface area contributed by atoms with E-state index in [9.17, 15) is 5.11 Å². The van der Waals surface area contributed by atoms with Gasteiger partial charge in [0.15, 0.2) is 0 Å². The molecule has 0 heterocycles. The fourth-order valence-corrected chi connectivity index (χ4v) is 1.93. The van der Waals surface area contributed by atoms with E-state index in [1.54, 1.807) is 0 Å². The van der Waals surface area contributed by atoms with Crippen LogP contribution in [-0.2, 0) is 0 Å². The van der Waals surface area contributed by atoms with Crippen LogP contribution in [-0.4, -0.2) is 5.11 Å². The second-order valence-corrected chi connectivity index (χ2v) is 5.63. The Morgan fingerprint density at radius 1 is 1.15 bits per heavy atom. The lowest BCUT2D eigenvalue weighted by Crippen LogP contribution is -1.98. The van der Waals surface area contributed by atoms with Crippen molar-refractivity contribution in [2.24, 2.45) is 5.92 Å². The van der Waals surface area contributed by atoms with E-state index in [0.717, 1.165) is 16.7 Å². The van der Waals surface area contributed by atoms with Crippen LogP contribution in [0.25, 0.3) is 0 Å². The topological polar surface area (TPSA) is 20.2 Å². The Bertz CT molecular complexity index is 519. The summed E-state index contributed by atoms with van der Waals surface area (Å²) in [5.74, 6) is 0.559. The van der Waals surface area contributed by atoms with Gasteiger partial charge in [0.25, 0.3) is 0 Å². The number of aliphatic hydroxyl groups excluding tert-OH is 1. The molecular weight excluding hydrogens is 244 g/mol. The third kappa shape index (κ3) is 5.18. The van der Waals surface area contributed by atoms with Gasteiger partial charge in [-0.3, -0.25) is 0 Å². The van der Waals surface area contributed by atoms with Crippen molar-refractivity contribution in [1.82, 2.24) is 0 Å². The van der Waals surface area contributed by atoms with Gasteiger partial charge in [0.05, 0.1) is 6.10 Å². The number of aliphatic hydroxyl groups is 1. The van der Waals surface area contributed by atoms with Crippen LogP contribution in [0.1, 0.15) is 43.6 Å². The van der Waals surface area contributed by atoms with Crippen molar-refractivity contribution in [1.29, 1.82) is 0 Å². The molecule has 108 valence electrons. The lowest BCUT2D eigenvalue weighted by Gasteiger charge is -2.11. The molecule has 20 heavy (non-hydrogen) atoms. The van der Waals surface area contributed by atoms with Crippen LogP contribution in [0.4, 0.5) is 0 Å². The normalized spacial score (nSPS) is 14.7. The van der Waals surface area contributed by atoms with E-state index < -0.39 is 6.10 Å². The van der Waals surface area contributed by atoms with Crippen molar-refractivity contribution in [3.05, 3.63) is 70.8 Å². The van der Waals surface area contributed by atoms with Crippen LogP contribution in [0.3, 0.4) is 0 Å². The molecule has 0 saturated heterocycles. The number of benzene rings is 1. The molecule has 1 aromatic rings. The summed E-state index contributed by atoms with van der Waals surface area (Å²) in [6, 6.07) is 6.04. The summed E-state index contributed by atoms with van der Waals surface area (Å²) in [7, 11) is 0. The largest absolute Gasteiger partial charge is 0.384 e. The van der Waals surface area contributed by atoms with Gasteiger partial charge in [0, 0.05) is 0 Å². The Kier molecular flexibility index (Phi) is 6.47. The zero-order valence-electron chi connectivity index (χ0n) is 13.2. The Labute approximate surface area is 123 Å². The van der Waals surface area contributed by atoms with Gasteiger partial charge < -0.3 is 5.11 Å². The Hall–Kier alpha value is -1.60. The average Bonchev–Trinajstić information content (AvgIpc) is 2.38. The SMILES string of the molecule is CC(/C=C/C(O)c1cccc(C)c1C)=C\C=C\C(C)C. The first-order chi connectivity index (χ1) is 9.41. The van der Waals surface area contributed by atoms with Crippen molar-refractivity contribution in [3.8, 4) is 0 Å². The molecule has 0 bridgehead atoms. The zero-order chi connectivity index (χ0) is 15.1. The van der Waals surface area contributed by atoms with Gasteiger partial charge in [-0.05, 0) is 43.4 Å². The summed E-state index contributed by atoms with van der Waals surface area (Å²) in [6.45, 7) is 10.5. The highest BCUT2D eigenvalue weighted by Gasteiger charge is 2.07. The van der Waals surface area contributed by atoms with E-state index in [1.807, 2.05) is 31.2 Å². The Morgan fingerprint density at radius 3 is 2.50 bits per heavy atom. The molecule has 0 aromatic heterocycles. The van der Waals surface area contributed by atoms with Gasteiger partial charge in [-0.2, -0.15) is 0 Å². The summed E-state index contributed by atoms with van der Waals surface area (Å²) in [4.78, 5) is 0. The fourth-order valence-electron chi connectivity index (χ4n) is 1.93. The summed E-state index contributed by atoms with van der Waals surface area (Å²) in [5, 5.41) is 10.3. The Morgan fingerprint density at radius 2 is 1.85 bits per heavy atom. The van der Waals surface area contributed by atoms with Crippen LogP contribution >= 0.6 is 0 Å². The number of hydrogen-bond acceptors (Lipinski definition) is 1. The highest BCUT2D eigenvalue weighted by atomic mass is 16.3. The van der Waals surface area contributed by atoms with Crippen LogP contribution in [0, 0.1) is 19.8 Å². The maximum atomic E-state index is 10.3. The van der Waals surface area contributed by atoms with Crippen molar-refractivity contribution in [2.75, 3.05) is 0 Å². The molecule has 1 nitrogen and oxygen atoms in total. The van der Waals surface area contributed by atoms with Gasteiger partial charge >= 0.3 is 0 Å². The number of allylic oxidation sites excluding steroid dienone is 5. The van der Waals surface area contributed by atoms with Crippen LogP contribution < -0.4 is 0 Å². The molecule has 0 spiro atoms. The van der Waals surface area contributed by atoms with Crippen LogP contribution in [0.2, 0.25) is 0 Å². The molecule has 1 heteroatoms. The second kappa shape index (κ2) is 7.86. The number of aryl methyl sites for hydroxylation is 1. The third-order valence-corrected chi connectivity index (χ3v) is 3.36. The molecular formula is C19H26O. The fraction of sp³-hybridized carbons (Fsp3) is 0.368. The first-order valence-electron chi connectivity index (χ1n) is 7.19. The molecule has 0 aliphatic heterocycles. The van der Waals surface area contributed by atoms with E-state index in [1.165, 1.54) is 5.56 Å². The van der Waals surface area contributed by atoms with E-state index in [4.69, 9.17) is 0 Å². The van der Waals surface area contributed by atoms with E-state index >= 15 is 0 Å². The van der Waals surface area contributed by atoms with Gasteiger partial charge in [0.1, 0.15) is 0 Å². The predicted molar refractivity (Wildman–Crippen MR) is 87.8 cm³/mol. The maximum Gasteiger partial charge on any atom is 0.0977 e. The smallest absolute Gasteiger partial charge is 0.0977 e. The molecule has 1 unspecified atom stereocenters. The number of rotatable bonds is 5. The molecule has 0 fully saturated rings. The molecule has 0 amide bonds. The molecule has 1 aromatic carbocycles. The summed E-state index contributed by atoms with van der Waals surface area (Å²) >= 11 is 0. The summed E-state index contributed by atoms with van der Waals surface area (Å²) in [5.41, 5.74) is 4.48. The monoisotopic (exact) mass is 270 g/mol. The van der Waals surface area contributed by atoms with Crippen molar-refractivity contribution < 1.29 is 5.11 Å². The van der Waals surface area contributed by atoms with Gasteiger partial charge in [-0.25, -0.2) is 0 Å². The average molecular weight is 270 g/mol. The standard InChI is InChI=1S/C19H26O/c1-14(2)8-6-9-15(3)12-13-19(20)18-11-7-10-16(4)17(18)5/h6-14,19-20H,1-5H3/b8-6+,13-12+,15-9+. The lowest BCUT2D eigenvalue weighted by atomic mass is 9.98. The lowest BCUT2D eigenvalue weighted by molar-refractivity contribution is 0.228. The molecule has 1 N–H and O–H groups in total. The quantitative estimate of drug-likeness (QED) is 0.742. The highest BCUT2D eigenvalue weighted by Crippen LogP contribution is 2.21. The van der Waals surface area contributed by atoms with E-state index in [-0.39, 0.29) is 0 Å². The molecule has 0 radical (unpaired) electrons. The van der Waals surface area contributed by atoms with Crippen LogP contribution in [0.5, 0.6) is 0 Å². The van der Waals surface area contributed by atoms with Gasteiger partial charge in [-0.1, -0.05) is 68.0 Å². The first-order valence-corrected chi connectivity index (χ1v) is 7.19. The van der Waals surface area contributed by atoms with Gasteiger partial charge in [0.2, 0.25) is 0 Å². The second-order valence-electron chi connectivity index (χ2n) is 5.63. The predicted octanol–water partition coefficient (Wildman–Crippen LogP) is 5.05.